The Hall–Kier alpha value is -1.35. The monoisotopic (exact) mass is 305 g/mol. The van der Waals surface area contributed by atoms with Gasteiger partial charge in [-0.1, -0.05) is 30.3 Å². The molecule has 0 saturated heterocycles. The third-order valence-corrected chi connectivity index (χ3v) is 3.20. The van der Waals surface area contributed by atoms with Gasteiger partial charge in [0.25, 0.3) is 0 Å². The summed E-state index contributed by atoms with van der Waals surface area (Å²) in [6.07, 6.45) is 3.84. The van der Waals surface area contributed by atoms with Crippen LogP contribution in [0.1, 0.15) is 17.5 Å². The van der Waals surface area contributed by atoms with Crippen molar-refractivity contribution in [1.29, 1.82) is 0 Å². The molecular formula is C15H16BrNO. The maximum Gasteiger partial charge on any atom is 0.227 e. The number of nitrogens with zero attached hydrogens (tertiary/aromatic N) is 1. The SMILES string of the molecule is Cc1cnc(OCCCc2ccccc2)c(Br)c1. The lowest BCUT2D eigenvalue weighted by Gasteiger charge is -2.07. The first-order chi connectivity index (χ1) is 8.75. The largest absolute Gasteiger partial charge is 0.477 e. The van der Waals surface area contributed by atoms with Gasteiger partial charge in [-0.2, -0.15) is 0 Å². The van der Waals surface area contributed by atoms with Gasteiger partial charge in [0.05, 0.1) is 11.1 Å². The van der Waals surface area contributed by atoms with Gasteiger partial charge < -0.3 is 4.74 Å². The van der Waals surface area contributed by atoms with Crippen molar-refractivity contribution in [2.45, 2.75) is 19.8 Å². The van der Waals surface area contributed by atoms with Crippen molar-refractivity contribution >= 4 is 15.9 Å². The van der Waals surface area contributed by atoms with Crippen molar-refractivity contribution < 1.29 is 4.74 Å². The van der Waals surface area contributed by atoms with E-state index in [4.69, 9.17) is 4.74 Å². The molecule has 0 radical (unpaired) electrons. The quantitative estimate of drug-likeness (QED) is 0.774. The van der Waals surface area contributed by atoms with Gasteiger partial charge in [0.15, 0.2) is 0 Å². The fraction of sp³-hybridized carbons (Fsp3) is 0.267. The summed E-state index contributed by atoms with van der Waals surface area (Å²) in [6.45, 7) is 2.69. The van der Waals surface area contributed by atoms with Gasteiger partial charge in [-0.15, -0.1) is 0 Å². The van der Waals surface area contributed by atoms with Crippen LogP contribution in [-0.4, -0.2) is 11.6 Å². The van der Waals surface area contributed by atoms with E-state index >= 15 is 0 Å². The van der Waals surface area contributed by atoms with Crippen LogP contribution in [0.2, 0.25) is 0 Å². The molecule has 0 aliphatic carbocycles. The molecule has 18 heavy (non-hydrogen) atoms. The van der Waals surface area contributed by atoms with Gasteiger partial charge >= 0.3 is 0 Å². The average Bonchev–Trinajstić information content (AvgIpc) is 2.38. The molecule has 0 bridgehead atoms. The molecule has 0 unspecified atom stereocenters. The number of hydrogen-bond donors (Lipinski definition) is 0. The van der Waals surface area contributed by atoms with E-state index in [1.165, 1.54) is 5.56 Å². The molecule has 0 saturated carbocycles. The average molecular weight is 306 g/mol. The Morgan fingerprint density at radius 3 is 2.72 bits per heavy atom. The van der Waals surface area contributed by atoms with Crippen molar-refractivity contribution in [3.05, 3.63) is 58.2 Å². The zero-order valence-corrected chi connectivity index (χ0v) is 12.0. The minimum atomic E-state index is 0.675. The van der Waals surface area contributed by atoms with Crippen LogP contribution < -0.4 is 4.74 Å². The molecule has 0 fully saturated rings. The molecule has 1 heterocycles. The number of aryl methyl sites for hydroxylation is 2. The minimum Gasteiger partial charge on any atom is -0.477 e. The number of halogens is 1. The highest BCUT2D eigenvalue weighted by molar-refractivity contribution is 9.10. The van der Waals surface area contributed by atoms with Crippen LogP contribution in [0.5, 0.6) is 5.88 Å². The summed E-state index contributed by atoms with van der Waals surface area (Å²) in [6, 6.07) is 12.5. The highest BCUT2D eigenvalue weighted by atomic mass is 79.9. The summed E-state index contributed by atoms with van der Waals surface area (Å²) < 4.78 is 6.57. The Labute approximate surface area is 116 Å². The third-order valence-electron chi connectivity index (χ3n) is 2.64. The van der Waals surface area contributed by atoms with Crippen molar-refractivity contribution in [1.82, 2.24) is 4.98 Å². The highest BCUT2D eigenvalue weighted by Gasteiger charge is 2.02. The molecule has 2 nitrogen and oxygen atoms in total. The topological polar surface area (TPSA) is 22.1 Å². The van der Waals surface area contributed by atoms with Gasteiger partial charge in [-0.25, -0.2) is 4.98 Å². The van der Waals surface area contributed by atoms with Crippen LogP contribution in [0.4, 0.5) is 0 Å². The van der Waals surface area contributed by atoms with E-state index < -0.39 is 0 Å². The van der Waals surface area contributed by atoms with E-state index in [1.54, 1.807) is 0 Å². The van der Waals surface area contributed by atoms with Gasteiger partial charge in [-0.05, 0) is 52.9 Å². The van der Waals surface area contributed by atoms with E-state index in [1.807, 2.05) is 25.3 Å². The van der Waals surface area contributed by atoms with Crippen LogP contribution in [0.25, 0.3) is 0 Å². The van der Waals surface area contributed by atoms with Crippen molar-refractivity contribution in [3.8, 4) is 5.88 Å². The second kappa shape index (κ2) is 6.55. The number of ether oxygens (including phenoxy) is 1. The first-order valence-corrected chi connectivity index (χ1v) is 6.84. The molecule has 1 aromatic heterocycles. The number of hydrogen-bond acceptors (Lipinski definition) is 2. The van der Waals surface area contributed by atoms with Crippen LogP contribution in [-0.2, 0) is 6.42 Å². The van der Waals surface area contributed by atoms with E-state index in [2.05, 4.69) is 45.2 Å². The summed E-state index contributed by atoms with van der Waals surface area (Å²) >= 11 is 3.46. The van der Waals surface area contributed by atoms with E-state index in [9.17, 15) is 0 Å². The predicted molar refractivity (Wildman–Crippen MR) is 76.9 cm³/mol. The Morgan fingerprint density at radius 2 is 2.00 bits per heavy atom. The second-order valence-corrected chi connectivity index (χ2v) is 5.09. The Morgan fingerprint density at radius 1 is 1.22 bits per heavy atom. The summed E-state index contributed by atoms with van der Waals surface area (Å²) in [5.74, 6) is 0.675. The summed E-state index contributed by atoms with van der Waals surface area (Å²) in [5, 5.41) is 0. The van der Waals surface area contributed by atoms with Gasteiger partial charge in [0, 0.05) is 6.20 Å². The zero-order valence-electron chi connectivity index (χ0n) is 10.4. The summed E-state index contributed by atoms with van der Waals surface area (Å²) in [4.78, 5) is 4.25. The van der Waals surface area contributed by atoms with Crippen LogP contribution >= 0.6 is 15.9 Å². The van der Waals surface area contributed by atoms with Gasteiger partial charge in [-0.3, -0.25) is 0 Å². The van der Waals surface area contributed by atoms with Crippen LogP contribution in [0.15, 0.2) is 47.1 Å². The molecule has 0 atom stereocenters. The maximum absolute atomic E-state index is 5.66. The fourth-order valence-electron chi connectivity index (χ4n) is 1.72. The maximum atomic E-state index is 5.66. The first kappa shape index (κ1) is 13.1. The summed E-state index contributed by atoms with van der Waals surface area (Å²) in [5.41, 5.74) is 2.47. The smallest absolute Gasteiger partial charge is 0.227 e. The Bertz CT molecular complexity index is 499. The molecule has 1 aromatic carbocycles. The second-order valence-electron chi connectivity index (χ2n) is 4.24. The van der Waals surface area contributed by atoms with Crippen LogP contribution in [0, 0.1) is 6.92 Å². The van der Waals surface area contributed by atoms with Crippen molar-refractivity contribution in [2.75, 3.05) is 6.61 Å². The molecule has 2 rings (SSSR count). The predicted octanol–water partition coefficient (Wildman–Crippen LogP) is 4.16. The van der Waals surface area contributed by atoms with Crippen molar-refractivity contribution in [3.63, 3.8) is 0 Å². The zero-order chi connectivity index (χ0) is 12.8. The summed E-state index contributed by atoms with van der Waals surface area (Å²) in [7, 11) is 0. The fourth-order valence-corrected chi connectivity index (χ4v) is 2.29. The lowest BCUT2D eigenvalue weighted by Crippen LogP contribution is -2.01. The first-order valence-electron chi connectivity index (χ1n) is 6.04. The molecule has 3 heteroatoms. The third kappa shape index (κ3) is 3.84. The molecule has 0 N–H and O–H groups in total. The molecule has 0 amide bonds. The lowest BCUT2D eigenvalue weighted by atomic mass is 10.1. The van der Waals surface area contributed by atoms with E-state index in [-0.39, 0.29) is 0 Å². The lowest BCUT2D eigenvalue weighted by molar-refractivity contribution is 0.297. The molecule has 2 aromatic rings. The number of rotatable bonds is 5. The highest BCUT2D eigenvalue weighted by Crippen LogP contribution is 2.22. The number of benzene rings is 1. The Kier molecular flexibility index (Phi) is 4.76. The van der Waals surface area contributed by atoms with Crippen LogP contribution in [0.3, 0.4) is 0 Å². The number of pyridine rings is 1. The molecule has 0 aliphatic heterocycles. The molecule has 94 valence electrons. The standard InChI is InChI=1S/C15H16BrNO/c1-12-10-14(16)15(17-11-12)18-9-5-8-13-6-3-2-4-7-13/h2-4,6-7,10-11H,5,8-9H2,1H3. The van der Waals surface area contributed by atoms with E-state index in [0.717, 1.165) is 22.9 Å². The van der Waals surface area contributed by atoms with Gasteiger partial charge in [0.1, 0.15) is 0 Å². The Balaban J connectivity index is 1.79. The minimum absolute atomic E-state index is 0.675. The van der Waals surface area contributed by atoms with Crippen molar-refractivity contribution in [2.24, 2.45) is 0 Å². The van der Waals surface area contributed by atoms with E-state index in [0.29, 0.717) is 12.5 Å². The normalized spacial score (nSPS) is 10.3. The molecular weight excluding hydrogens is 290 g/mol. The molecule has 0 spiro atoms. The molecule has 0 aliphatic rings. The number of aromatic nitrogens is 1. The van der Waals surface area contributed by atoms with Gasteiger partial charge in [0.2, 0.25) is 5.88 Å².